The van der Waals surface area contributed by atoms with Gasteiger partial charge in [-0.3, -0.25) is 9.88 Å². The Morgan fingerprint density at radius 1 is 1.02 bits per heavy atom. The molecule has 4 aromatic rings. The molecule has 11 heteroatoms. The van der Waals surface area contributed by atoms with Crippen molar-refractivity contribution in [1.82, 2.24) is 19.9 Å². The van der Waals surface area contributed by atoms with Gasteiger partial charge in [0.1, 0.15) is 34.5 Å². The van der Waals surface area contributed by atoms with E-state index < -0.39 is 11.4 Å². The number of benzene rings is 2. The van der Waals surface area contributed by atoms with E-state index in [9.17, 15) is 9.90 Å². The molecule has 0 radical (unpaired) electrons. The standard InChI is InChI=1S/C33H36FN5O4S/c1-33(2,3)43-32(41)39-20-8-9-21(39)18-38(17-20)30-26-16-35-28(25-15-22(40)14-19-6-4-5-7-24(19)25)27(34)29(26)36-31(37-30)42-23-10-12-44-13-11-23/h4-7,14-16,20-21,23,40H,8-13,17-18H2,1-3H3. The molecule has 2 aromatic carbocycles. The number of carbonyl (C=O) groups is 1. The molecule has 2 unspecified atom stereocenters. The molecule has 0 saturated carbocycles. The van der Waals surface area contributed by atoms with Crippen LogP contribution in [0.3, 0.4) is 0 Å². The molecule has 7 rings (SSSR count). The Labute approximate surface area is 259 Å². The summed E-state index contributed by atoms with van der Waals surface area (Å²) in [6.07, 6.45) is 4.74. The first-order valence-electron chi connectivity index (χ1n) is 15.2. The fourth-order valence-corrected chi connectivity index (χ4v) is 7.69. The number of nitrogens with zero attached hydrogens (tertiary/aromatic N) is 5. The van der Waals surface area contributed by atoms with E-state index in [1.807, 2.05) is 61.7 Å². The van der Waals surface area contributed by atoms with E-state index in [1.54, 1.807) is 12.3 Å². The average molecular weight is 618 g/mol. The molecule has 230 valence electrons. The van der Waals surface area contributed by atoms with Crippen molar-refractivity contribution in [1.29, 1.82) is 0 Å². The van der Waals surface area contributed by atoms with Gasteiger partial charge >= 0.3 is 12.1 Å². The van der Waals surface area contributed by atoms with E-state index in [0.29, 0.717) is 29.9 Å². The summed E-state index contributed by atoms with van der Waals surface area (Å²) in [4.78, 5) is 31.1. The maximum Gasteiger partial charge on any atom is 0.410 e. The van der Waals surface area contributed by atoms with Gasteiger partial charge in [0.05, 0.1) is 17.5 Å². The van der Waals surface area contributed by atoms with Crippen LogP contribution >= 0.6 is 11.8 Å². The summed E-state index contributed by atoms with van der Waals surface area (Å²) < 4.78 is 28.7. The zero-order valence-corrected chi connectivity index (χ0v) is 25.9. The topological polar surface area (TPSA) is 101 Å². The first kappa shape index (κ1) is 28.9. The van der Waals surface area contributed by atoms with Gasteiger partial charge in [0.2, 0.25) is 0 Å². The Kier molecular flexibility index (Phi) is 7.39. The van der Waals surface area contributed by atoms with Gasteiger partial charge in [0, 0.05) is 24.8 Å². The number of hydrogen-bond donors (Lipinski definition) is 1. The third-order valence-corrected chi connectivity index (χ3v) is 9.62. The highest BCUT2D eigenvalue weighted by Gasteiger charge is 2.45. The van der Waals surface area contributed by atoms with Crippen molar-refractivity contribution in [2.24, 2.45) is 0 Å². The van der Waals surface area contributed by atoms with E-state index in [2.05, 4.69) is 14.9 Å². The van der Waals surface area contributed by atoms with E-state index in [-0.39, 0.29) is 47.3 Å². The summed E-state index contributed by atoms with van der Waals surface area (Å²) in [6, 6.07) is 10.7. The van der Waals surface area contributed by atoms with Gasteiger partial charge in [0.25, 0.3) is 0 Å². The molecular formula is C33H36FN5O4S. The van der Waals surface area contributed by atoms with Crippen molar-refractivity contribution in [3.8, 4) is 23.0 Å². The number of ether oxygens (including phenoxy) is 2. The number of phenols is 1. The molecule has 44 heavy (non-hydrogen) atoms. The highest BCUT2D eigenvalue weighted by atomic mass is 32.2. The van der Waals surface area contributed by atoms with Gasteiger partial charge < -0.3 is 19.5 Å². The highest BCUT2D eigenvalue weighted by molar-refractivity contribution is 7.99. The Hall–Kier alpha value is -3.86. The van der Waals surface area contributed by atoms with Gasteiger partial charge in [0.15, 0.2) is 5.82 Å². The maximum atomic E-state index is 16.6. The molecule has 5 heterocycles. The minimum absolute atomic E-state index is 0.0286. The van der Waals surface area contributed by atoms with Crippen LogP contribution in [0.25, 0.3) is 32.9 Å². The number of thioether (sulfide) groups is 1. The predicted molar refractivity (Wildman–Crippen MR) is 170 cm³/mol. The highest BCUT2D eigenvalue weighted by Crippen LogP contribution is 2.39. The zero-order valence-electron chi connectivity index (χ0n) is 25.1. The molecule has 9 nitrogen and oxygen atoms in total. The first-order valence-corrected chi connectivity index (χ1v) is 16.4. The minimum atomic E-state index is -0.596. The van der Waals surface area contributed by atoms with E-state index >= 15 is 4.39 Å². The van der Waals surface area contributed by atoms with Crippen molar-refractivity contribution in [2.45, 2.75) is 70.2 Å². The number of halogens is 1. The Balaban J connectivity index is 1.31. The number of aromatic hydroxyl groups is 1. The molecule has 3 saturated heterocycles. The third kappa shape index (κ3) is 5.46. The largest absolute Gasteiger partial charge is 0.508 e. The van der Waals surface area contributed by atoms with Crippen LogP contribution in [0, 0.1) is 5.82 Å². The van der Waals surface area contributed by atoms with Crippen LogP contribution in [0.1, 0.15) is 46.5 Å². The molecule has 1 N–H and O–H groups in total. The smallest absolute Gasteiger partial charge is 0.410 e. The number of fused-ring (bicyclic) bond motifs is 4. The number of anilines is 1. The molecule has 3 fully saturated rings. The lowest BCUT2D eigenvalue weighted by molar-refractivity contribution is 0.0122. The van der Waals surface area contributed by atoms with Crippen molar-refractivity contribution in [3.05, 3.63) is 48.4 Å². The molecule has 3 aliphatic rings. The number of piperazine rings is 1. The average Bonchev–Trinajstić information content (AvgIpc) is 3.26. The van der Waals surface area contributed by atoms with Gasteiger partial charge in [-0.1, -0.05) is 24.3 Å². The van der Waals surface area contributed by atoms with Crippen LogP contribution in [-0.4, -0.2) is 79.4 Å². The molecule has 1 amide bonds. The predicted octanol–water partition coefficient (Wildman–Crippen LogP) is 6.55. The van der Waals surface area contributed by atoms with Gasteiger partial charge in [-0.2, -0.15) is 21.7 Å². The number of amides is 1. The van der Waals surface area contributed by atoms with Crippen LogP contribution in [0.15, 0.2) is 42.6 Å². The summed E-state index contributed by atoms with van der Waals surface area (Å²) in [5.41, 5.74) is 0.122. The lowest BCUT2D eigenvalue weighted by atomic mass is 10.00. The van der Waals surface area contributed by atoms with Gasteiger partial charge in [-0.15, -0.1) is 0 Å². The number of hydrogen-bond acceptors (Lipinski definition) is 9. The quantitative estimate of drug-likeness (QED) is 0.273. The molecule has 2 bridgehead atoms. The Morgan fingerprint density at radius 3 is 2.48 bits per heavy atom. The van der Waals surface area contributed by atoms with Crippen LogP contribution < -0.4 is 9.64 Å². The molecular weight excluding hydrogens is 581 g/mol. The second-order valence-corrected chi connectivity index (χ2v) is 14.1. The fourth-order valence-electron chi connectivity index (χ4n) is 6.63. The molecule has 0 spiro atoms. The van der Waals surface area contributed by atoms with Crippen molar-refractivity contribution < 1.29 is 23.8 Å². The normalized spacial score (nSPS) is 20.8. The van der Waals surface area contributed by atoms with E-state index in [4.69, 9.17) is 14.5 Å². The van der Waals surface area contributed by atoms with Crippen molar-refractivity contribution in [2.75, 3.05) is 29.5 Å². The van der Waals surface area contributed by atoms with Crippen molar-refractivity contribution >= 4 is 45.3 Å². The number of phenolic OH excluding ortho intramolecular Hbond substituents is 1. The molecule has 2 aromatic heterocycles. The second kappa shape index (κ2) is 11.3. The lowest BCUT2D eigenvalue weighted by Crippen LogP contribution is -2.57. The monoisotopic (exact) mass is 617 g/mol. The van der Waals surface area contributed by atoms with Crippen LogP contribution in [0.4, 0.5) is 15.0 Å². The molecule has 3 aliphatic heterocycles. The minimum Gasteiger partial charge on any atom is -0.508 e. The van der Waals surface area contributed by atoms with Gasteiger partial charge in [-0.05, 0) is 80.9 Å². The summed E-state index contributed by atoms with van der Waals surface area (Å²) in [5, 5.41) is 12.5. The number of pyridine rings is 1. The maximum absolute atomic E-state index is 16.6. The number of carbonyl (C=O) groups excluding carboxylic acids is 1. The van der Waals surface area contributed by atoms with E-state index in [0.717, 1.165) is 48.0 Å². The lowest BCUT2D eigenvalue weighted by Gasteiger charge is -2.42. The Morgan fingerprint density at radius 2 is 1.75 bits per heavy atom. The molecule has 0 aliphatic carbocycles. The summed E-state index contributed by atoms with van der Waals surface area (Å²) in [5.74, 6) is 1.97. The Bertz CT molecular complexity index is 1730. The van der Waals surface area contributed by atoms with Crippen LogP contribution in [-0.2, 0) is 4.74 Å². The SMILES string of the molecule is CC(C)(C)OC(=O)N1C2CCC1CN(c1nc(OC3CCSCC3)nc3c(F)c(-c4cc(O)cc5ccccc45)ncc13)C2. The summed E-state index contributed by atoms with van der Waals surface area (Å²) in [7, 11) is 0. The summed E-state index contributed by atoms with van der Waals surface area (Å²) in [6.45, 7) is 6.68. The molecule has 2 atom stereocenters. The van der Waals surface area contributed by atoms with Crippen LogP contribution in [0.5, 0.6) is 11.8 Å². The third-order valence-electron chi connectivity index (χ3n) is 8.57. The number of aromatic nitrogens is 3. The number of rotatable bonds is 4. The summed E-state index contributed by atoms with van der Waals surface area (Å²) >= 11 is 1.89. The fraction of sp³-hybridized carbons (Fsp3) is 0.455. The second-order valence-electron chi connectivity index (χ2n) is 12.8. The first-order chi connectivity index (χ1) is 21.1. The zero-order chi connectivity index (χ0) is 30.6. The van der Waals surface area contributed by atoms with Crippen molar-refractivity contribution in [3.63, 3.8) is 0 Å². The van der Waals surface area contributed by atoms with Crippen LogP contribution in [0.2, 0.25) is 0 Å². The van der Waals surface area contributed by atoms with E-state index in [1.165, 1.54) is 6.07 Å². The van der Waals surface area contributed by atoms with Gasteiger partial charge in [-0.25, -0.2) is 9.18 Å².